The molecule has 1 N–H and O–H groups in total. The summed E-state index contributed by atoms with van der Waals surface area (Å²) in [5.74, 6) is 0.179. The number of halogens is 2. The van der Waals surface area contributed by atoms with Crippen LogP contribution < -0.4 is 10.1 Å². The van der Waals surface area contributed by atoms with Crippen molar-refractivity contribution < 1.29 is 18.3 Å². The van der Waals surface area contributed by atoms with Crippen LogP contribution in [0.1, 0.15) is 16.3 Å². The molecule has 6 nitrogen and oxygen atoms in total. The molecule has 2 heterocycles. The SMILES string of the molecule is Cc1nccc(C(=O)Nc2cccc(OCC(F)F)n2)n1. The fraction of sp³-hybridized carbons (Fsp3) is 0.231. The summed E-state index contributed by atoms with van der Waals surface area (Å²) in [5, 5.41) is 2.51. The van der Waals surface area contributed by atoms with E-state index in [-0.39, 0.29) is 17.4 Å². The number of ether oxygens (including phenoxy) is 1. The number of amides is 1. The molecular weight excluding hydrogens is 282 g/mol. The van der Waals surface area contributed by atoms with Crippen molar-refractivity contribution in [2.24, 2.45) is 0 Å². The Morgan fingerprint density at radius 3 is 2.86 bits per heavy atom. The lowest BCUT2D eigenvalue weighted by molar-refractivity contribution is 0.0796. The smallest absolute Gasteiger partial charge is 0.275 e. The second-order valence-electron chi connectivity index (χ2n) is 4.01. The summed E-state index contributed by atoms with van der Waals surface area (Å²) in [6.45, 7) is 0.906. The van der Waals surface area contributed by atoms with E-state index in [1.165, 1.54) is 30.5 Å². The Kier molecular flexibility index (Phi) is 4.70. The minimum Gasteiger partial charge on any atom is -0.472 e. The van der Waals surface area contributed by atoms with Crippen LogP contribution in [0.5, 0.6) is 5.88 Å². The topological polar surface area (TPSA) is 77.0 Å². The van der Waals surface area contributed by atoms with Crippen LogP contribution in [-0.4, -0.2) is 33.9 Å². The van der Waals surface area contributed by atoms with E-state index in [0.717, 1.165) is 0 Å². The number of hydrogen-bond acceptors (Lipinski definition) is 5. The zero-order valence-corrected chi connectivity index (χ0v) is 11.1. The zero-order chi connectivity index (χ0) is 15.2. The van der Waals surface area contributed by atoms with Crippen molar-refractivity contribution in [3.63, 3.8) is 0 Å². The number of hydrogen-bond donors (Lipinski definition) is 1. The van der Waals surface area contributed by atoms with Crippen LogP contribution in [0.15, 0.2) is 30.5 Å². The predicted octanol–water partition coefficient (Wildman–Crippen LogP) is 2.08. The van der Waals surface area contributed by atoms with Crippen LogP contribution in [0.4, 0.5) is 14.6 Å². The van der Waals surface area contributed by atoms with Gasteiger partial charge in [-0.15, -0.1) is 0 Å². The Bertz CT molecular complexity index is 637. The Hall–Kier alpha value is -2.64. The number of carbonyl (C=O) groups excluding carboxylic acids is 1. The largest absolute Gasteiger partial charge is 0.472 e. The highest BCUT2D eigenvalue weighted by Crippen LogP contribution is 2.13. The van der Waals surface area contributed by atoms with Gasteiger partial charge in [-0.25, -0.2) is 18.7 Å². The van der Waals surface area contributed by atoms with Gasteiger partial charge in [0.15, 0.2) is 6.61 Å². The van der Waals surface area contributed by atoms with Gasteiger partial charge in [-0.2, -0.15) is 4.98 Å². The fourth-order valence-electron chi connectivity index (χ4n) is 1.48. The van der Waals surface area contributed by atoms with Crippen molar-refractivity contribution in [2.45, 2.75) is 13.3 Å². The third-order valence-corrected chi connectivity index (χ3v) is 2.33. The van der Waals surface area contributed by atoms with Gasteiger partial charge in [0.2, 0.25) is 5.88 Å². The van der Waals surface area contributed by atoms with Crippen molar-refractivity contribution in [1.29, 1.82) is 0 Å². The number of anilines is 1. The number of aromatic nitrogens is 3. The van der Waals surface area contributed by atoms with E-state index >= 15 is 0 Å². The van der Waals surface area contributed by atoms with Gasteiger partial charge < -0.3 is 10.1 Å². The minimum atomic E-state index is -2.59. The van der Waals surface area contributed by atoms with Gasteiger partial charge >= 0.3 is 0 Å². The molecule has 21 heavy (non-hydrogen) atoms. The lowest BCUT2D eigenvalue weighted by atomic mass is 10.3. The molecule has 0 spiro atoms. The highest BCUT2D eigenvalue weighted by Gasteiger charge is 2.10. The molecule has 110 valence electrons. The fourth-order valence-corrected chi connectivity index (χ4v) is 1.48. The van der Waals surface area contributed by atoms with Gasteiger partial charge in [0, 0.05) is 12.3 Å². The second-order valence-corrected chi connectivity index (χ2v) is 4.01. The lowest BCUT2D eigenvalue weighted by Crippen LogP contribution is -2.16. The van der Waals surface area contributed by atoms with E-state index < -0.39 is 18.9 Å². The number of carbonyl (C=O) groups is 1. The van der Waals surface area contributed by atoms with E-state index in [2.05, 4.69) is 20.3 Å². The van der Waals surface area contributed by atoms with E-state index in [4.69, 9.17) is 4.74 Å². The number of nitrogens with zero attached hydrogens (tertiary/aromatic N) is 3. The molecule has 0 saturated carbocycles. The van der Waals surface area contributed by atoms with Crippen LogP contribution in [0.3, 0.4) is 0 Å². The summed E-state index contributed by atoms with van der Waals surface area (Å²) in [5.41, 5.74) is 0.184. The molecule has 0 radical (unpaired) electrons. The maximum Gasteiger partial charge on any atom is 0.275 e. The molecule has 0 aliphatic carbocycles. The number of aryl methyl sites for hydroxylation is 1. The Morgan fingerprint density at radius 2 is 2.14 bits per heavy atom. The van der Waals surface area contributed by atoms with Crippen molar-refractivity contribution in [1.82, 2.24) is 15.0 Å². The molecule has 2 rings (SSSR count). The highest BCUT2D eigenvalue weighted by molar-refractivity contribution is 6.02. The van der Waals surface area contributed by atoms with E-state index in [1.807, 2.05) is 0 Å². The molecule has 2 aromatic heterocycles. The highest BCUT2D eigenvalue weighted by atomic mass is 19.3. The molecule has 2 aromatic rings. The number of alkyl halides is 2. The van der Waals surface area contributed by atoms with Crippen LogP contribution in [0, 0.1) is 6.92 Å². The Labute approximate surface area is 119 Å². The third kappa shape index (κ3) is 4.44. The van der Waals surface area contributed by atoms with Crippen LogP contribution in [-0.2, 0) is 0 Å². The summed E-state index contributed by atoms with van der Waals surface area (Å²) in [6, 6.07) is 5.93. The normalized spacial score (nSPS) is 10.5. The van der Waals surface area contributed by atoms with Crippen molar-refractivity contribution in [3.8, 4) is 5.88 Å². The first-order valence-electron chi connectivity index (χ1n) is 6.03. The molecule has 0 saturated heterocycles. The van der Waals surface area contributed by atoms with Gasteiger partial charge in [0.25, 0.3) is 12.3 Å². The monoisotopic (exact) mass is 294 g/mol. The second kappa shape index (κ2) is 6.69. The third-order valence-electron chi connectivity index (χ3n) is 2.33. The summed E-state index contributed by atoms with van der Waals surface area (Å²) >= 11 is 0. The summed E-state index contributed by atoms with van der Waals surface area (Å²) < 4.78 is 28.9. The number of rotatable bonds is 5. The van der Waals surface area contributed by atoms with Gasteiger partial charge in [-0.05, 0) is 19.1 Å². The molecular formula is C13H12F2N4O2. The van der Waals surface area contributed by atoms with E-state index in [1.54, 1.807) is 6.92 Å². The standard InChI is InChI=1S/C13H12F2N4O2/c1-8-16-6-5-9(17-8)13(20)19-11-3-2-4-12(18-11)21-7-10(14)15/h2-6,10H,7H2,1H3,(H,18,19,20). The average Bonchev–Trinajstić information content (AvgIpc) is 2.45. The van der Waals surface area contributed by atoms with Gasteiger partial charge in [-0.1, -0.05) is 6.07 Å². The Morgan fingerprint density at radius 1 is 1.33 bits per heavy atom. The molecule has 0 atom stereocenters. The molecule has 0 bridgehead atoms. The minimum absolute atomic E-state index is 0.00645. The quantitative estimate of drug-likeness (QED) is 0.913. The Balaban J connectivity index is 2.05. The first-order valence-corrected chi connectivity index (χ1v) is 6.03. The summed E-state index contributed by atoms with van der Waals surface area (Å²) in [6.07, 6.45) is -1.12. The zero-order valence-electron chi connectivity index (χ0n) is 11.1. The molecule has 1 amide bonds. The maximum absolute atomic E-state index is 12.1. The van der Waals surface area contributed by atoms with Crippen LogP contribution >= 0.6 is 0 Å². The number of pyridine rings is 1. The molecule has 0 aliphatic rings. The van der Waals surface area contributed by atoms with Crippen molar-refractivity contribution in [2.75, 3.05) is 11.9 Å². The van der Waals surface area contributed by atoms with Gasteiger partial charge in [0.1, 0.15) is 17.3 Å². The van der Waals surface area contributed by atoms with E-state index in [0.29, 0.717) is 5.82 Å². The summed E-state index contributed by atoms with van der Waals surface area (Å²) in [4.78, 5) is 23.7. The first kappa shape index (κ1) is 14.8. The van der Waals surface area contributed by atoms with Gasteiger partial charge in [0.05, 0.1) is 0 Å². The van der Waals surface area contributed by atoms with Crippen molar-refractivity contribution in [3.05, 3.63) is 42.0 Å². The van der Waals surface area contributed by atoms with Crippen LogP contribution in [0.25, 0.3) is 0 Å². The van der Waals surface area contributed by atoms with E-state index in [9.17, 15) is 13.6 Å². The summed E-state index contributed by atoms with van der Waals surface area (Å²) in [7, 11) is 0. The molecule has 0 unspecified atom stereocenters. The van der Waals surface area contributed by atoms with Gasteiger partial charge in [-0.3, -0.25) is 4.79 Å². The molecule has 8 heteroatoms. The predicted molar refractivity (Wildman–Crippen MR) is 70.5 cm³/mol. The van der Waals surface area contributed by atoms with Crippen LogP contribution in [0.2, 0.25) is 0 Å². The number of nitrogens with one attached hydrogen (secondary N) is 1. The average molecular weight is 294 g/mol. The first-order chi connectivity index (χ1) is 10.0. The molecule has 0 aliphatic heterocycles. The molecule has 0 aromatic carbocycles. The van der Waals surface area contributed by atoms with Crippen molar-refractivity contribution >= 4 is 11.7 Å². The lowest BCUT2D eigenvalue weighted by Gasteiger charge is -2.07. The maximum atomic E-state index is 12.1. The molecule has 0 fully saturated rings.